The molecule has 1 aromatic rings. The highest BCUT2D eigenvalue weighted by atomic mass is 32.1. The lowest BCUT2D eigenvalue weighted by Crippen LogP contribution is -2.22. The summed E-state index contributed by atoms with van der Waals surface area (Å²) in [6, 6.07) is 0. The second-order valence-electron chi connectivity index (χ2n) is 4.26. The molecule has 0 aliphatic rings. The van der Waals surface area contributed by atoms with Gasteiger partial charge in [0.25, 0.3) is 0 Å². The van der Waals surface area contributed by atoms with Gasteiger partial charge in [0.15, 0.2) is 0 Å². The third kappa shape index (κ3) is 4.06. The molecular weight excluding hydrogens is 224 g/mol. The molecule has 0 spiro atoms. The molecule has 0 saturated carbocycles. The van der Waals surface area contributed by atoms with Crippen molar-refractivity contribution >= 4 is 23.4 Å². The zero-order valence-corrected chi connectivity index (χ0v) is 10.8. The van der Waals surface area contributed by atoms with Crippen LogP contribution in [0.15, 0.2) is 16.8 Å². The van der Waals surface area contributed by atoms with Crippen LogP contribution < -0.4 is 4.74 Å². The van der Waals surface area contributed by atoms with Crippen LogP contribution in [0.4, 0.5) is 0 Å². The van der Waals surface area contributed by atoms with Gasteiger partial charge in [0, 0.05) is 22.4 Å². The largest absolute Gasteiger partial charge is 0.487 e. The molecule has 0 saturated heterocycles. The predicted octanol–water partition coefficient (Wildman–Crippen LogP) is 3.11. The molecule has 0 atom stereocenters. The second kappa shape index (κ2) is 5.16. The summed E-state index contributed by atoms with van der Waals surface area (Å²) in [4.78, 5) is 11.0. The quantitative estimate of drug-likeness (QED) is 0.601. The normalized spacial score (nSPS) is 11.8. The Morgan fingerprint density at radius 1 is 1.38 bits per heavy atom. The Labute approximate surface area is 99.7 Å². The first kappa shape index (κ1) is 12.8. The third-order valence-corrected chi connectivity index (χ3v) is 2.41. The van der Waals surface area contributed by atoms with Crippen molar-refractivity contribution in [2.24, 2.45) is 0 Å². The summed E-state index contributed by atoms with van der Waals surface area (Å²) >= 11 is 1.54. The van der Waals surface area contributed by atoms with Crippen LogP contribution in [0.2, 0.25) is 0 Å². The van der Waals surface area contributed by atoms with Crippen LogP contribution in [-0.4, -0.2) is 18.7 Å². The van der Waals surface area contributed by atoms with Crippen molar-refractivity contribution in [3.63, 3.8) is 0 Å². The number of ether oxygens (including phenoxy) is 2. The number of thiophene rings is 1. The maximum Gasteiger partial charge on any atom is 0.330 e. The van der Waals surface area contributed by atoms with Crippen molar-refractivity contribution in [2.45, 2.75) is 26.4 Å². The van der Waals surface area contributed by atoms with Crippen molar-refractivity contribution in [2.75, 3.05) is 7.11 Å². The zero-order valence-electron chi connectivity index (χ0n) is 9.94. The fourth-order valence-electron chi connectivity index (χ4n) is 1.06. The Kier molecular flexibility index (Phi) is 4.12. The van der Waals surface area contributed by atoms with Gasteiger partial charge in [-0.1, -0.05) is 0 Å². The third-order valence-electron chi connectivity index (χ3n) is 1.67. The highest BCUT2D eigenvalue weighted by Crippen LogP contribution is 2.28. The van der Waals surface area contributed by atoms with E-state index in [2.05, 4.69) is 4.74 Å². The Morgan fingerprint density at radius 2 is 2.06 bits per heavy atom. The summed E-state index contributed by atoms with van der Waals surface area (Å²) in [5.74, 6) is 0.422. The fraction of sp³-hybridized carbons (Fsp3) is 0.417. The van der Waals surface area contributed by atoms with E-state index >= 15 is 0 Å². The topological polar surface area (TPSA) is 35.5 Å². The van der Waals surface area contributed by atoms with Crippen LogP contribution in [0.3, 0.4) is 0 Å². The van der Waals surface area contributed by atoms with Crippen molar-refractivity contribution in [1.82, 2.24) is 0 Å². The summed E-state index contributed by atoms with van der Waals surface area (Å²) in [6.07, 6.45) is 3.08. The maximum absolute atomic E-state index is 11.0. The number of rotatable bonds is 3. The first-order chi connectivity index (χ1) is 7.42. The zero-order chi connectivity index (χ0) is 12.2. The van der Waals surface area contributed by atoms with E-state index in [1.807, 2.05) is 31.5 Å². The van der Waals surface area contributed by atoms with Crippen LogP contribution in [0.1, 0.15) is 26.3 Å². The minimum atomic E-state index is -0.368. The van der Waals surface area contributed by atoms with Crippen LogP contribution in [0.25, 0.3) is 6.08 Å². The molecule has 1 aromatic heterocycles. The molecule has 1 rings (SSSR count). The van der Waals surface area contributed by atoms with E-state index in [4.69, 9.17) is 4.74 Å². The lowest BCUT2D eigenvalue weighted by molar-refractivity contribution is -0.134. The smallest absolute Gasteiger partial charge is 0.330 e. The van der Waals surface area contributed by atoms with E-state index < -0.39 is 0 Å². The minimum absolute atomic E-state index is 0.241. The molecule has 0 aliphatic heterocycles. The van der Waals surface area contributed by atoms with Crippen LogP contribution in [0, 0.1) is 0 Å². The summed E-state index contributed by atoms with van der Waals surface area (Å²) in [5, 5.41) is 3.85. The van der Waals surface area contributed by atoms with Gasteiger partial charge < -0.3 is 9.47 Å². The van der Waals surface area contributed by atoms with Gasteiger partial charge in [0.05, 0.1) is 7.11 Å². The molecular formula is C12H16O3S. The van der Waals surface area contributed by atoms with Gasteiger partial charge in [-0.3, -0.25) is 0 Å². The van der Waals surface area contributed by atoms with Gasteiger partial charge in [-0.2, -0.15) is 0 Å². The predicted molar refractivity (Wildman–Crippen MR) is 65.8 cm³/mol. The number of hydrogen-bond donors (Lipinski definition) is 0. The van der Waals surface area contributed by atoms with Gasteiger partial charge in [-0.15, -0.1) is 11.3 Å². The van der Waals surface area contributed by atoms with Gasteiger partial charge >= 0.3 is 5.97 Å². The van der Waals surface area contributed by atoms with Crippen molar-refractivity contribution in [1.29, 1.82) is 0 Å². The average Bonchev–Trinajstić information content (AvgIpc) is 2.59. The minimum Gasteiger partial charge on any atom is -0.487 e. The molecule has 0 unspecified atom stereocenters. The van der Waals surface area contributed by atoms with E-state index in [-0.39, 0.29) is 11.6 Å². The van der Waals surface area contributed by atoms with Gasteiger partial charge in [-0.25, -0.2) is 4.79 Å². The van der Waals surface area contributed by atoms with E-state index in [9.17, 15) is 4.79 Å². The molecule has 0 fully saturated rings. The summed E-state index contributed by atoms with van der Waals surface area (Å²) in [5.41, 5.74) is 0.653. The van der Waals surface area contributed by atoms with Crippen molar-refractivity contribution < 1.29 is 14.3 Å². The Hall–Kier alpha value is -1.29. The van der Waals surface area contributed by atoms with E-state index in [1.54, 1.807) is 6.08 Å². The highest BCUT2D eigenvalue weighted by Gasteiger charge is 2.14. The number of methoxy groups -OCH3 is 1. The van der Waals surface area contributed by atoms with Gasteiger partial charge in [-0.05, 0) is 26.8 Å². The molecule has 0 bridgehead atoms. The number of carbonyl (C=O) groups excluding carboxylic acids is 1. The second-order valence-corrected chi connectivity index (χ2v) is 5.01. The Balaban J connectivity index is 2.79. The molecule has 0 amide bonds. The Morgan fingerprint density at radius 3 is 2.62 bits per heavy atom. The van der Waals surface area contributed by atoms with Crippen LogP contribution >= 0.6 is 11.3 Å². The molecule has 16 heavy (non-hydrogen) atoms. The van der Waals surface area contributed by atoms with E-state index in [0.29, 0.717) is 0 Å². The average molecular weight is 240 g/mol. The maximum atomic E-state index is 11.0. The lowest BCUT2D eigenvalue weighted by Gasteiger charge is -2.20. The van der Waals surface area contributed by atoms with Crippen LogP contribution in [0.5, 0.6) is 5.75 Å². The molecule has 4 heteroatoms. The lowest BCUT2D eigenvalue weighted by atomic mass is 10.2. The van der Waals surface area contributed by atoms with Crippen molar-refractivity contribution in [3.8, 4) is 5.75 Å². The summed E-state index contributed by atoms with van der Waals surface area (Å²) in [7, 11) is 1.35. The first-order valence-electron chi connectivity index (χ1n) is 4.93. The van der Waals surface area contributed by atoms with E-state index in [1.165, 1.54) is 24.5 Å². The van der Waals surface area contributed by atoms with E-state index in [0.717, 1.165) is 11.3 Å². The number of hydrogen-bond acceptors (Lipinski definition) is 4. The van der Waals surface area contributed by atoms with Gasteiger partial charge in [0.1, 0.15) is 11.4 Å². The molecule has 0 radical (unpaired) electrons. The van der Waals surface area contributed by atoms with Crippen LogP contribution in [-0.2, 0) is 9.53 Å². The monoisotopic (exact) mass is 240 g/mol. The Bertz CT molecular complexity index is 385. The molecule has 0 aliphatic carbocycles. The molecule has 0 N–H and O–H groups in total. The van der Waals surface area contributed by atoms with Gasteiger partial charge in [0.2, 0.25) is 0 Å². The molecule has 1 heterocycles. The number of carbonyl (C=O) groups is 1. The molecule has 3 nitrogen and oxygen atoms in total. The summed E-state index contributed by atoms with van der Waals surface area (Å²) < 4.78 is 10.3. The SMILES string of the molecule is COC(=O)/C=C/c1cscc1OC(C)(C)C. The molecule has 0 aromatic carbocycles. The van der Waals surface area contributed by atoms with Crippen molar-refractivity contribution in [3.05, 3.63) is 22.4 Å². The number of esters is 1. The first-order valence-corrected chi connectivity index (χ1v) is 5.88. The highest BCUT2D eigenvalue weighted by molar-refractivity contribution is 7.08. The fourth-order valence-corrected chi connectivity index (χ4v) is 1.77. The molecule has 88 valence electrons. The summed E-state index contributed by atoms with van der Waals surface area (Å²) in [6.45, 7) is 5.95. The standard InChI is InChI=1S/C12H16O3S/c1-12(2,3)15-10-8-16-7-9(10)5-6-11(13)14-4/h5-8H,1-4H3/b6-5+.